The van der Waals surface area contributed by atoms with Crippen molar-refractivity contribution in [2.24, 2.45) is 17.6 Å². The summed E-state index contributed by atoms with van der Waals surface area (Å²) in [6, 6.07) is 7.61. The SMILES string of the molecule is Cl.NC(CNC(=O)C1CC(=O)N(c2cccc(Br)c2)C1)C1CC1. The predicted molar refractivity (Wildman–Crippen MR) is 95.6 cm³/mol. The maximum Gasteiger partial charge on any atom is 0.227 e. The number of anilines is 1. The van der Waals surface area contributed by atoms with Gasteiger partial charge >= 0.3 is 0 Å². The number of amides is 2. The number of halogens is 2. The molecular formula is C16H21BrClN3O2. The van der Waals surface area contributed by atoms with Gasteiger partial charge in [-0.2, -0.15) is 0 Å². The number of hydrogen-bond donors (Lipinski definition) is 2. The summed E-state index contributed by atoms with van der Waals surface area (Å²) in [5.74, 6) is 0.188. The Morgan fingerprint density at radius 3 is 2.83 bits per heavy atom. The Bertz CT molecular complexity index is 594. The van der Waals surface area contributed by atoms with E-state index in [-0.39, 0.29) is 42.6 Å². The van der Waals surface area contributed by atoms with Gasteiger partial charge in [0.1, 0.15) is 0 Å². The fourth-order valence-corrected chi connectivity index (χ4v) is 3.22. The van der Waals surface area contributed by atoms with E-state index in [2.05, 4.69) is 21.2 Å². The first-order chi connectivity index (χ1) is 10.5. The zero-order chi connectivity index (χ0) is 15.7. The first-order valence-electron chi connectivity index (χ1n) is 7.64. The van der Waals surface area contributed by atoms with Crippen LogP contribution in [-0.4, -0.2) is 30.9 Å². The molecule has 2 fully saturated rings. The Morgan fingerprint density at radius 1 is 1.43 bits per heavy atom. The van der Waals surface area contributed by atoms with E-state index < -0.39 is 0 Å². The summed E-state index contributed by atoms with van der Waals surface area (Å²) in [5.41, 5.74) is 6.81. The summed E-state index contributed by atoms with van der Waals surface area (Å²) in [6.07, 6.45) is 2.59. The maximum atomic E-state index is 12.2. The third-order valence-electron chi connectivity index (χ3n) is 4.36. The second-order valence-corrected chi connectivity index (χ2v) is 7.05. The van der Waals surface area contributed by atoms with Gasteiger partial charge in [-0.1, -0.05) is 22.0 Å². The second-order valence-electron chi connectivity index (χ2n) is 6.13. The monoisotopic (exact) mass is 401 g/mol. The lowest BCUT2D eigenvalue weighted by molar-refractivity contribution is -0.126. The fraction of sp³-hybridized carbons (Fsp3) is 0.500. The summed E-state index contributed by atoms with van der Waals surface area (Å²) in [6.45, 7) is 0.935. The summed E-state index contributed by atoms with van der Waals surface area (Å²) >= 11 is 3.40. The smallest absolute Gasteiger partial charge is 0.227 e. The molecule has 5 nitrogen and oxygen atoms in total. The quantitative estimate of drug-likeness (QED) is 0.792. The van der Waals surface area contributed by atoms with Crippen molar-refractivity contribution in [3.8, 4) is 0 Å². The predicted octanol–water partition coefficient (Wildman–Crippen LogP) is 2.08. The van der Waals surface area contributed by atoms with E-state index in [1.165, 1.54) is 0 Å². The van der Waals surface area contributed by atoms with Gasteiger partial charge in [0.25, 0.3) is 0 Å². The van der Waals surface area contributed by atoms with Crippen LogP contribution < -0.4 is 16.0 Å². The molecule has 1 saturated heterocycles. The summed E-state index contributed by atoms with van der Waals surface area (Å²) in [5, 5.41) is 2.90. The van der Waals surface area contributed by atoms with Crippen LogP contribution in [-0.2, 0) is 9.59 Å². The van der Waals surface area contributed by atoms with Crippen LogP contribution >= 0.6 is 28.3 Å². The van der Waals surface area contributed by atoms with Crippen molar-refractivity contribution in [3.05, 3.63) is 28.7 Å². The zero-order valence-electron chi connectivity index (χ0n) is 12.7. The van der Waals surface area contributed by atoms with Crippen molar-refractivity contribution < 1.29 is 9.59 Å². The molecule has 0 aromatic heterocycles. The highest BCUT2D eigenvalue weighted by atomic mass is 79.9. The molecule has 3 rings (SSSR count). The van der Waals surface area contributed by atoms with Gasteiger partial charge in [-0.3, -0.25) is 9.59 Å². The number of nitrogens with zero attached hydrogens (tertiary/aromatic N) is 1. The van der Waals surface area contributed by atoms with Crippen LogP contribution in [0, 0.1) is 11.8 Å². The van der Waals surface area contributed by atoms with Crippen LogP contribution in [0.15, 0.2) is 28.7 Å². The number of hydrogen-bond acceptors (Lipinski definition) is 3. The third-order valence-corrected chi connectivity index (χ3v) is 4.85. The molecule has 23 heavy (non-hydrogen) atoms. The van der Waals surface area contributed by atoms with Crippen molar-refractivity contribution in [1.82, 2.24) is 5.32 Å². The average Bonchev–Trinajstić information content (AvgIpc) is 3.27. The van der Waals surface area contributed by atoms with E-state index in [0.717, 1.165) is 23.0 Å². The number of benzene rings is 1. The van der Waals surface area contributed by atoms with Gasteiger partial charge in [0.15, 0.2) is 0 Å². The molecule has 1 aromatic carbocycles. The number of carbonyl (C=O) groups excluding carboxylic acids is 2. The number of carbonyl (C=O) groups is 2. The van der Waals surface area contributed by atoms with Crippen LogP contribution in [0.1, 0.15) is 19.3 Å². The minimum atomic E-state index is -0.294. The standard InChI is InChI=1S/C16H20BrN3O2.ClH/c17-12-2-1-3-13(7-12)20-9-11(6-15(20)21)16(22)19-8-14(18)10-4-5-10;/h1-3,7,10-11,14H,4-6,8-9,18H2,(H,19,22);1H. The molecule has 1 heterocycles. The van der Waals surface area contributed by atoms with Gasteiger partial charge in [-0.05, 0) is 37.0 Å². The Morgan fingerprint density at radius 2 is 2.17 bits per heavy atom. The van der Waals surface area contributed by atoms with Crippen LogP contribution in [0.3, 0.4) is 0 Å². The van der Waals surface area contributed by atoms with Crippen molar-refractivity contribution in [2.45, 2.75) is 25.3 Å². The molecule has 0 spiro atoms. The highest BCUT2D eigenvalue weighted by Gasteiger charge is 2.36. The average molecular weight is 403 g/mol. The molecule has 3 N–H and O–H groups in total. The van der Waals surface area contributed by atoms with E-state index in [0.29, 0.717) is 19.0 Å². The molecule has 2 aliphatic rings. The molecule has 1 aromatic rings. The molecule has 2 unspecified atom stereocenters. The Kier molecular flexibility index (Phi) is 6.06. The Balaban J connectivity index is 0.00000192. The Hall–Kier alpha value is -1.11. The number of rotatable bonds is 5. The summed E-state index contributed by atoms with van der Waals surface area (Å²) < 4.78 is 0.918. The van der Waals surface area contributed by atoms with E-state index in [1.54, 1.807) is 4.90 Å². The maximum absolute atomic E-state index is 12.2. The molecule has 0 radical (unpaired) electrons. The summed E-state index contributed by atoms with van der Waals surface area (Å²) in [7, 11) is 0. The molecule has 1 aliphatic heterocycles. The highest BCUT2D eigenvalue weighted by Crippen LogP contribution is 2.31. The lowest BCUT2D eigenvalue weighted by Crippen LogP contribution is -2.41. The first kappa shape index (κ1) is 18.2. The molecule has 2 atom stereocenters. The lowest BCUT2D eigenvalue weighted by atomic mass is 10.1. The van der Waals surface area contributed by atoms with Gasteiger partial charge < -0.3 is 16.0 Å². The van der Waals surface area contributed by atoms with Crippen molar-refractivity contribution in [2.75, 3.05) is 18.0 Å². The third kappa shape index (κ3) is 4.46. The van der Waals surface area contributed by atoms with E-state index in [4.69, 9.17) is 5.73 Å². The van der Waals surface area contributed by atoms with Gasteiger partial charge in [-0.25, -0.2) is 0 Å². The van der Waals surface area contributed by atoms with Crippen LogP contribution in [0.25, 0.3) is 0 Å². The molecule has 0 bridgehead atoms. The topological polar surface area (TPSA) is 75.4 Å². The lowest BCUT2D eigenvalue weighted by Gasteiger charge is -2.17. The van der Waals surface area contributed by atoms with Crippen molar-refractivity contribution in [1.29, 1.82) is 0 Å². The number of nitrogens with one attached hydrogen (secondary N) is 1. The molecule has 1 aliphatic carbocycles. The Labute approximate surface area is 150 Å². The van der Waals surface area contributed by atoms with Gasteiger partial charge in [0.05, 0.1) is 5.92 Å². The van der Waals surface area contributed by atoms with E-state index in [1.807, 2.05) is 24.3 Å². The number of nitrogens with two attached hydrogens (primary N) is 1. The largest absolute Gasteiger partial charge is 0.354 e. The second kappa shape index (κ2) is 7.64. The molecule has 1 saturated carbocycles. The summed E-state index contributed by atoms with van der Waals surface area (Å²) in [4.78, 5) is 26.1. The fourth-order valence-electron chi connectivity index (χ4n) is 2.83. The van der Waals surface area contributed by atoms with E-state index in [9.17, 15) is 9.59 Å². The van der Waals surface area contributed by atoms with Crippen LogP contribution in [0.5, 0.6) is 0 Å². The first-order valence-corrected chi connectivity index (χ1v) is 8.43. The molecule has 2 amide bonds. The van der Waals surface area contributed by atoms with E-state index >= 15 is 0 Å². The molecular weight excluding hydrogens is 382 g/mol. The normalized spacial score (nSPS) is 21.7. The van der Waals surface area contributed by atoms with Crippen LogP contribution in [0.2, 0.25) is 0 Å². The molecule has 7 heteroatoms. The van der Waals surface area contributed by atoms with Gasteiger partial charge in [0, 0.05) is 35.7 Å². The molecule has 126 valence electrons. The van der Waals surface area contributed by atoms with Crippen molar-refractivity contribution in [3.63, 3.8) is 0 Å². The zero-order valence-corrected chi connectivity index (χ0v) is 15.1. The highest BCUT2D eigenvalue weighted by molar-refractivity contribution is 9.10. The minimum Gasteiger partial charge on any atom is -0.354 e. The van der Waals surface area contributed by atoms with Crippen LogP contribution in [0.4, 0.5) is 5.69 Å². The minimum absolute atomic E-state index is 0. The van der Waals surface area contributed by atoms with Crippen molar-refractivity contribution >= 4 is 45.8 Å². The van der Waals surface area contributed by atoms with Gasteiger partial charge in [-0.15, -0.1) is 12.4 Å². The van der Waals surface area contributed by atoms with Gasteiger partial charge in [0.2, 0.25) is 11.8 Å².